The van der Waals surface area contributed by atoms with E-state index >= 15 is 4.79 Å². The molecule has 9 rings (SSSR count). The van der Waals surface area contributed by atoms with Crippen LogP contribution in [0.5, 0.6) is 0 Å². The van der Waals surface area contributed by atoms with Crippen LogP contribution in [-0.4, -0.2) is 12.1 Å². The van der Waals surface area contributed by atoms with Crippen molar-refractivity contribution in [1.29, 1.82) is 0 Å². The second kappa shape index (κ2) is 21.4. The lowest BCUT2D eigenvalue weighted by Gasteiger charge is -2.73. The number of fused-ring (bicyclic) bond motifs is 12. The SMILES string of the molecule is CC.CC(C)CCCC[C@H]1CC[C@H]2[C@@H]3CC=C4C[C@H](OC(=O)[C@]56CCC(C(C)C)C5[C@H]5CC[C@@H]7[C@@]8(C)CCC(C)C(C)(C)C8CC[C@@]7(C)[C@]5(C)CC6)CC[C@]4(C)[C@H]3CCC12C.CCC.CCC. The van der Waals surface area contributed by atoms with Gasteiger partial charge in [0.15, 0.2) is 0 Å². The molecule has 67 heavy (non-hydrogen) atoms. The van der Waals surface area contributed by atoms with Gasteiger partial charge < -0.3 is 4.74 Å². The van der Waals surface area contributed by atoms with Gasteiger partial charge in [-0.05, 0) is 219 Å². The highest BCUT2D eigenvalue weighted by molar-refractivity contribution is 5.78. The molecular formula is C65H116O2. The minimum Gasteiger partial charge on any atom is -0.462 e. The first-order valence-corrected chi connectivity index (χ1v) is 30.5. The van der Waals surface area contributed by atoms with Crippen LogP contribution < -0.4 is 0 Å². The molecule has 0 N–H and O–H groups in total. The lowest BCUT2D eigenvalue weighted by atomic mass is 9.32. The molecule has 5 unspecified atom stereocenters. The number of carbonyl (C=O) groups is 1. The monoisotopic (exact) mass is 929 g/mol. The third-order valence-electron chi connectivity index (χ3n) is 24.4. The molecule has 0 aromatic rings. The van der Waals surface area contributed by atoms with Crippen LogP contribution in [0.25, 0.3) is 0 Å². The Morgan fingerprint density at radius 3 is 1.97 bits per heavy atom. The van der Waals surface area contributed by atoms with Crippen LogP contribution in [0, 0.1) is 109 Å². The predicted molar refractivity (Wildman–Crippen MR) is 290 cm³/mol. The van der Waals surface area contributed by atoms with E-state index in [-0.39, 0.29) is 17.5 Å². The molecule has 388 valence electrons. The molecule has 0 bridgehead atoms. The fourth-order valence-electron chi connectivity index (χ4n) is 20.4. The fraction of sp³-hybridized carbons (Fsp3) is 0.954. The molecule has 0 heterocycles. The second-order valence-corrected chi connectivity index (χ2v) is 28.5. The van der Waals surface area contributed by atoms with Gasteiger partial charge in [0.05, 0.1) is 5.41 Å². The highest BCUT2D eigenvalue weighted by Gasteiger charge is 2.72. The smallest absolute Gasteiger partial charge is 0.312 e. The van der Waals surface area contributed by atoms with Crippen LogP contribution in [0.4, 0.5) is 0 Å². The zero-order valence-corrected chi connectivity index (χ0v) is 48.4. The van der Waals surface area contributed by atoms with Crippen LogP contribution in [0.2, 0.25) is 0 Å². The molecule has 0 radical (unpaired) electrons. The molecule has 2 heteroatoms. The molecule has 2 nitrogen and oxygen atoms in total. The lowest BCUT2D eigenvalue weighted by molar-refractivity contribution is -0.245. The van der Waals surface area contributed by atoms with Crippen LogP contribution in [-0.2, 0) is 9.53 Å². The standard InChI is InChI=1S/C57H94O2.2C3H8.C2H6/c1-36(2)15-13-14-16-39-18-20-44-43-19-17-40-35-41(24-29-53(40,9)45(43)26-30-52(39,44)8)59-50(58)57-32-25-42(37(3)4)49(57)46-21-22-48-54(10)28-23-38(5)51(6,7)47(54)27-31-56(48,12)55(46,11)33-34-57;2*1-3-2;1-2/h17,36-39,41-49H,13-16,18-35H2,1-12H3;2*3H2,1-2H3;1-2H3/t38?,39-,41+,42?,43-,44-,45-,46+,47?,48+,49?,52?,53-,54-,55+,56+,57-;;;/m0.../s1. The van der Waals surface area contributed by atoms with E-state index in [4.69, 9.17) is 4.74 Å². The van der Waals surface area contributed by atoms with Gasteiger partial charge in [-0.25, -0.2) is 0 Å². The van der Waals surface area contributed by atoms with Crippen molar-refractivity contribution >= 4 is 5.97 Å². The number of unbranched alkanes of at least 4 members (excludes halogenated alkanes) is 1. The molecule has 8 saturated carbocycles. The quantitative estimate of drug-likeness (QED) is 0.138. The highest BCUT2D eigenvalue weighted by atomic mass is 16.5. The van der Waals surface area contributed by atoms with Gasteiger partial charge in [-0.3, -0.25) is 4.79 Å². The van der Waals surface area contributed by atoms with Crippen molar-refractivity contribution in [1.82, 2.24) is 0 Å². The molecule has 0 amide bonds. The number of hydrogen-bond acceptors (Lipinski definition) is 2. The summed E-state index contributed by atoms with van der Waals surface area (Å²) in [6, 6.07) is 0. The maximum absolute atomic E-state index is 15.3. The third-order valence-corrected chi connectivity index (χ3v) is 24.4. The number of esters is 1. The van der Waals surface area contributed by atoms with Crippen molar-refractivity contribution in [3.63, 3.8) is 0 Å². The fourth-order valence-corrected chi connectivity index (χ4v) is 20.4. The van der Waals surface area contributed by atoms with Gasteiger partial charge in [0, 0.05) is 6.42 Å². The molecule has 9 aliphatic rings. The summed E-state index contributed by atoms with van der Waals surface area (Å²) in [6.45, 7) is 43.8. The lowest BCUT2D eigenvalue weighted by Crippen LogP contribution is -2.66. The van der Waals surface area contributed by atoms with Crippen molar-refractivity contribution in [2.45, 2.75) is 285 Å². The van der Waals surface area contributed by atoms with Crippen LogP contribution in [0.1, 0.15) is 279 Å². The van der Waals surface area contributed by atoms with Crippen molar-refractivity contribution in [2.24, 2.45) is 109 Å². The Bertz CT molecular complexity index is 1650. The second-order valence-electron chi connectivity index (χ2n) is 28.5. The van der Waals surface area contributed by atoms with Gasteiger partial charge in [-0.15, -0.1) is 0 Å². The molecule has 0 aliphatic heterocycles. The zero-order chi connectivity index (χ0) is 49.5. The van der Waals surface area contributed by atoms with Crippen molar-refractivity contribution in [3.05, 3.63) is 11.6 Å². The highest BCUT2D eigenvalue weighted by Crippen LogP contribution is 2.78. The van der Waals surface area contributed by atoms with Gasteiger partial charge in [-0.2, -0.15) is 0 Å². The summed E-state index contributed by atoms with van der Waals surface area (Å²) in [7, 11) is 0. The number of rotatable bonds is 8. The Kier molecular flexibility index (Phi) is 17.7. The largest absolute Gasteiger partial charge is 0.462 e. The summed E-state index contributed by atoms with van der Waals surface area (Å²) < 4.78 is 7.04. The van der Waals surface area contributed by atoms with Crippen LogP contribution >= 0.6 is 0 Å². The summed E-state index contributed by atoms with van der Waals surface area (Å²) in [5.41, 5.74) is 3.84. The first-order chi connectivity index (χ1) is 31.6. The maximum Gasteiger partial charge on any atom is 0.312 e. The zero-order valence-electron chi connectivity index (χ0n) is 48.4. The molecule has 0 saturated heterocycles. The van der Waals surface area contributed by atoms with E-state index in [0.29, 0.717) is 56.2 Å². The van der Waals surface area contributed by atoms with E-state index in [1.165, 1.54) is 128 Å². The summed E-state index contributed by atoms with van der Waals surface area (Å²) >= 11 is 0. The van der Waals surface area contributed by atoms with E-state index in [1.807, 2.05) is 13.8 Å². The average molecular weight is 930 g/mol. The Hall–Kier alpha value is -0.790. The van der Waals surface area contributed by atoms with Gasteiger partial charge in [0.25, 0.3) is 0 Å². The summed E-state index contributed by atoms with van der Waals surface area (Å²) in [6.07, 6.45) is 34.5. The Balaban J connectivity index is 0.000000869. The van der Waals surface area contributed by atoms with Crippen molar-refractivity contribution in [2.75, 3.05) is 0 Å². The van der Waals surface area contributed by atoms with Gasteiger partial charge in [0.2, 0.25) is 0 Å². The summed E-state index contributed by atoms with van der Waals surface area (Å²) in [5.74, 6) is 9.55. The topological polar surface area (TPSA) is 26.3 Å². The summed E-state index contributed by atoms with van der Waals surface area (Å²) in [5, 5.41) is 0. The molecule has 0 aromatic carbocycles. The minimum absolute atomic E-state index is 0.0795. The molecule has 8 fully saturated rings. The van der Waals surface area contributed by atoms with Gasteiger partial charge in [0.1, 0.15) is 6.10 Å². The summed E-state index contributed by atoms with van der Waals surface area (Å²) in [4.78, 5) is 15.3. The van der Waals surface area contributed by atoms with E-state index in [2.05, 4.69) is 117 Å². The van der Waals surface area contributed by atoms with E-state index in [9.17, 15) is 0 Å². The van der Waals surface area contributed by atoms with Gasteiger partial charge in [-0.1, -0.05) is 168 Å². The predicted octanol–water partition coefficient (Wildman–Crippen LogP) is 19.9. The average Bonchev–Trinajstić information content (AvgIpc) is 3.84. The Labute approximate surface area is 419 Å². The van der Waals surface area contributed by atoms with Crippen LogP contribution in [0.3, 0.4) is 0 Å². The van der Waals surface area contributed by atoms with Gasteiger partial charge >= 0.3 is 5.97 Å². The maximum atomic E-state index is 15.3. The number of carbonyl (C=O) groups excluding carboxylic acids is 1. The number of ether oxygens (including phenoxy) is 1. The van der Waals surface area contributed by atoms with E-state index in [1.54, 1.807) is 5.57 Å². The first-order valence-electron chi connectivity index (χ1n) is 30.5. The Morgan fingerprint density at radius 2 is 1.31 bits per heavy atom. The number of hydrogen-bond donors (Lipinski definition) is 0. The third kappa shape index (κ3) is 9.32. The molecule has 17 atom stereocenters. The molecule has 9 aliphatic carbocycles. The minimum atomic E-state index is -0.264. The normalized spacial score (nSPS) is 46.7. The number of allylic oxidation sites excluding steroid dienone is 1. The van der Waals surface area contributed by atoms with E-state index < -0.39 is 0 Å². The molecule has 0 aromatic heterocycles. The molecule has 0 spiro atoms. The van der Waals surface area contributed by atoms with Crippen LogP contribution in [0.15, 0.2) is 11.6 Å². The first kappa shape index (κ1) is 55.5. The van der Waals surface area contributed by atoms with Crippen molar-refractivity contribution < 1.29 is 9.53 Å². The van der Waals surface area contributed by atoms with E-state index in [0.717, 1.165) is 73.0 Å². The van der Waals surface area contributed by atoms with Crippen molar-refractivity contribution in [3.8, 4) is 0 Å². The Morgan fingerprint density at radius 1 is 0.657 bits per heavy atom. The molecular weight excluding hydrogens is 813 g/mol.